The molecule has 3 aromatic carbocycles. The SMILES string of the molecule is CC(=O)Nc1ccc(CN2C(=O)C(Cc3ccccc3)ON=C2c2ccccc2)cc1. The van der Waals surface area contributed by atoms with Gasteiger partial charge >= 0.3 is 0 Å². The minimum Gasteiger partial charge on any atom is -0.380 e. The second-order valence-corrected chi connectivity index (χ2v) is 7.37. The van der Waals surface area contributed by atoms with Gasteiger partial charge in [0.2, 0.25) is 12.0 Å². The smallest absolute Gasteiger partial charge is 0.272 e. The highest BCUT2D eigenvalue weighted by molar-refractivity contribution is 6.09. The molecule has 6 nitrogen and oxygen atoms in total. The van der Waals surface area contributed by atoms with Crippen LogP contribution in [0.2, 0.25) is 0 Å². The molecule has 0 saturated heterocycles. The monoisotopic (exact) mass is 413 g/mol. The molecule has 1 heterocycles. The van der Waals surface area contributed by atoms with Crippen LogP contribution in [0.25, 0.3) is 0 Å². The van der Waals surface area contributed by atoms with Crippen molar-refractivity contribution in [1.82, 2.24) is 4.90 Å². The molecule has 0 radical (unpaired) electrons. The van der Waals surface area contributed by atoms with Crippen LogP contribution in [0.15, 0.2) is 90.1 Å². The summed E-state index contributed by atoms with van der Waals surface area (Å²) < 4.78 is 0. The molecule has 156 valence electrons. The molecule has 1 aliphatic heterocycles. The molecule has 6 heteroatoms. The number of hydrogen-bond donors (Lipinski definition) is 1. The fourth-order valence-electron chi connectivity index (χ4n) is 3.47. The lowest BCUT2D eigenvalue weighted by Crippen LogP contribution is -2.48. The van der Waals surface area contributed by atoms with Gasteiger partial charge in [-0.2, -0.15) is 0 Å². The van der Waals surface area contributed by atoms with Crippen LogP contribution in [0.4, 0.5) is 5.69 Å². The predicted octanol–water partition coefficient (Wildman–Crippen LogP) is 3.98. The Morgan fingerprint density at radius 1 is 0.935 bits per heavy atom. The van der Waals surface area contributed by atoms with Crippen LogP contribution in [0, 0.1) is 0 Å². The molecule has 0 saturated carbocycles. The van der Waals surface area contributed by atoms with E-state index in [0.29, 0.717) is 24.5 Å². The summed E-state index contributed by atoms with van der Waals surface area (Å²) >= 11 is 0. The molecule has 0 aromatic heterocycles. The zero-order valence-corrected chi connectivity index (χ0v) is 17.2. The average molecular weight is 413 g/mol. The molecule has 31 heavy (non-hydrogen) atoms. The minimum atomic E-state index is -0.687. The second kappa shape index (κ2) is 9.26. The number of carbonyl (C=O) groups is 2. The molecule has 0 aliphatic carbocycles. The van der Waals surface area contributed by atoms with E-state index < -0.39 is 6.10 Å². The van der Waals surface area contributed by atoms with E-state index in [9.17, 15) is 9.59 Å². The van der Waals surface area contributed by atoms with Crippen molar-refractivity contribution >= 4 is 23.3 Å². The maximum atomic E-state index is 13.4. The Labute approximate surface area is 181 Å². The summed E-state index contributed by atoms with van der Waals surface area (Å²) in [6.45, 7) is 1.82. The van der Waals surface area contributed by atoms with E-state index in [1.807, 2.05) is 84.9 Å². The van der Waals surface area contributed by atoms with Crippen molar-refractivity contribution < 1.29 is 14.4 Å². The van der Waals surface area contributed by atoms with Crippen molar-refractivity contribution in [2.75, 3.05) is 5.32 Å². The molecule has 0 spiro atoms. The number of nitrogens with one attached hydrogen (secondary N) is 1. The molecule has 4 rings (SSSR count). The first kappa shape index (κ1) is 20.3. The minimum absolute atomic E-state index is 0.127. The van der Waals surface area contributed by atoms with Crippen molar-refractivity contribution in [1.29, 1.82) is 0 Å². The highest BCUT2D eigenvalue weighted by Crippen LogP contribution is 2.21. The van der Waals surface area contributed by atoms with Gasteiger partial charge in [-0.3, -0.25) is 14.5 Å². The molecular formula is C25H23N3O3. The van der Waals surface area contributed by atoms with Gasteiger partial charge in [0.1, 0.15) is 0 Å². The van der Waals surface area contributed by atoms with E-state index in [0.717, 1.165) is 16.7 Å². The molecule has 1 N–H and O–H groups in total. The van der Waals surface area contributed by atoms with Crippen LogP contribution in [-0.4, -0.2) is 28.7 Å². The van der Waals surface area contributed by atoms with Crippen molar-refractivity contribution in [2.24, 2.45) is 5.16 Å². The maximum Gasteiger partial charge on any atom is 0.272 e. The van der Waals surface area contributed by atoms with Crippen LogP contribution in [-0.2, 0) is 27.4 Å². The summed E-state index contributed by atoms with van der Waals surface area (Å²) in [5.41, 5.74) is 3.46. The summed E-state index contributed by atoms with van der Waals surface area (Å²) in [7, 11) is 0. The van der Waals surface area contributed by atoms with Crippen molar-refractivity contribution in [3.05, 3.63) is 102 Å². The van der Waals surface area contributed by atoms with E-state index in [1.165, 1.54) is 6.92 Å². The summed E-state index contributed by atoms with van der Waals surface area (Å²) in [6, 6.07) is 26.7. The number of carbonyl (C=O) groups excluding carboxylic acids is 2. The fourth-order valence-corrected chi connectivity index (χ4v) is 3.47. The quantitative estimate of drug-likeness (QED) is 0.665. The van der Waals surface area contributed by atoms with E-state index in [4.69, 9.17) is 4.84 Å². The van der Waals surface area contributed by atoms with E-state index in [-0.39, 0.29) is 11.8 Å². The molecule has 0 bridgehead atoms. The summed E-state index contributed by atoms with van der Waals surface area (Å²) in [5.74, 6) is 0.225. The lowest BCUT2D eigenvalue weighted by atomic mass is 10.0. The van der Waals surface area contributed by atoms with Gasteiger partial charge in [0, 0.05) is 24.6 Å². The van der Waals surface area contributed by atoms with Gasteiger partial charge in [0.05, 0.1) is 6.54 Å². The lowest BCUT2D eigenvalue weighted by Gasteiger charge is -2.31. The number of oxime groups is 1. The van der Waals surface area contributed by atoms with Crippen molar-refractivity contribution in [3.8, 4) is 0 Å². The number of hydrogen-bond acceptors (Lipinski definition) is 4. The standard InChI is InChI=1S/C25H23N3O3/c1-18(29)26-22-14-12-20(13-15-22)17-28-24(21-10-6-3-7-11-21)27-31-23(25(28)30)16-19-8-4-2-5-9-19/h2-15,23H,16-17H2,1H3,(H,26,29). The zero-order valence-electron chi connectivity index (χ0n) is 17.2. The van der Waals surface area contributed by atoms with Crippen molar-refractivity contribution in [3.63, 3.8) is 0 Å². The summed E-state index contributed by atoms with van der Waals surface area (Å²) in [6.07, 6.45) is -0.239. The Morgan fingerprint density at radius 3 is 2.23 bits per heavy atom. The molecule has 1 aliphatic rings. The highest BCUT2D eigenvalue weighted by atomic mass is 16.6. The van der Waals surface area contributed by atoms with E-state index >= 15 is 0 Å². The normalized spacial score (nSPS) is 15.8. The molecule has 1 unspecified atom stereocenters. The van der Waals surface area contributed by atoms with E-state index in [1.54, 1.807) is 4.90 Å². The molecule has 2 amide bonds. The van der Waals surface area contributed by atoms with Crippen molar-refractivity contribution in [2.45, 2.75) is 26.0 Å². The molecule has 0 fully saturated rings. The van der Waals surface area contributed by atoms with Crippen LogP contribution < -0.4 is 5.32 Å². The maximum absolute atomic E-state index is 13.4. The average Bonchev–Trinajstić information content (AvgIpc) is 2.79. The Hall–Kier alpha value is -3.93. The number of amidine groups is 1. The van der Waals surface area contributed by atoms with Gasteiger partial charge < -0.3 is 10.2 Å². The highest BCUT2D eigenvalue weighted by Gasteiger charge is 2.34. The van der Waals surface area contributed by atoms with Crippen LogP contribution in [0.3, 0.4) is 0 Å². The van der Waals surface area contributed by atoms with Gasteiger partial charge in [0.25, 0.3) is 5.91 Å². The third-order valence-corrected chi connectivity index (χ3v) is 4.97. The first-order chi connectivity index (χ1) is 15.1. The second-order valence-electron chi connectivity index (χ2n) is 7.37. The molecule has 1 atom stereocenters. The van der Waals surface area contributed by atoms with E-state index in [2.05, 4.69) is 10.5 Å². The van der Waals surface area contributed by atoms with Crippen LogP contribution in [0.1, 0.15) is 23.6 Å². The number of nitrogens with zero attached hydrogens (tertiary/aromatic N) is 2. The molecular weight excluding hydrogens is 390 g/mol. The Kier molecular flexibility index (Phi) is 6.08. The van der Waals surface area contributed by atoms with Gasteiger partial charge in [0.15, 0.2) is 5.84 Å². The Morgan fingerprint density at radius 2 is 1.58 bits per heavy atom. The van der Waals surface area contributed by atoms with Crippen LogP contribution >= 0.6 is 0 Å². The fraction of sp³-hybridized carbons (Fsp3) is 0.160. The van der Waals surface area contributed by atoms with Gasteiger partial charge in [-0.05, 0) is 23.3 Å². The number of benzene rings is 3. The summed E-state index contributed by atoms with van der Waals surface area (Å²) in [5, 5.41) is 7.08. The lowest BCUT2D eigenvalue weighted by molar-refractivity contribution is -0.143. The van der Waals surface area contributed by atoms with Crippen LogP contribution in [0.5, 0.6) is 0 Å². The number of rotatable bonds is 6. The Bertz CT molecular complexity index is 1080. The third-order valence-electron chi connectivity index (χ3n) is 4.97. The largest absolute Gasteiger partial charge is 0.380 e. The number of anilines is 1. The zero-order chi connectivity index (χ0) is 21.6. The topological polar surface area (TPSA) is 71.0 Å². The van der Waals surface area contributed by atoms with Gasteiger partial charge in [-0.25, -0.2) is 0 Å². The van der Waals surface area contributed by atoms with Gasteiger partial charge in [-0.1, -0.05) is 78.0 Å². The predicted molar refractivity (Wildman–Crippen MR) is 119 cm³/mol. The van der Waals surface area contributed by atoms with Gasteiger partial charge in [-0.15, -0.1) is 0 Å². The first-order valence-corrected chi connectivity index (χ1v) is 10.1. The molecule has 3 aromatic rings. The third kappa shape index (κ3) is 4.98. The Balaban J connectivity index is 1.60. The summed E-state index contributed by atoms with van der Waals surface area (Å²) in [4.78, 5) is 32.0. The first-order valence-electron chi connectivity index (χ1n) is 10.1. The number of amides is 2.